The minimum atomic E-state index is -4.62. The molecule has 9 heteroatoms. The molecule has 1 N–H and O–H groups in total. The normalized spacial score (nSPS) is 11.7. The van der Waals surface area contributed by atoms with Crippen molar-refractivity contribution in [2.75, 3.05) is 11.9 Å². The fourth-order valence-corrected chi connectivity index (χ4v) is 2.71. The van der Waals surface area contributed by atoms with Gasteiger partial charge in [-0.2, -0.15) is 13.2 Å². The molecule has 20 heavy (non-hydrogen) atoms. The fourth-order valence-electron chi connectivity index (χ4n) is 1.43. The topological polar surface area (TPSA) is 37.8 Å². The Kier molecular flexibility index (Phi) is 4.72. The van der Waals surface area contributed by atoms with E-state index in [1.165, 1.54) is 17.4 Å². The Morgan fingerprint density at radius 2 is 1.95 bits per heavy atom. The van der Waals surface area contributed by atoms with E-state index >= 15 is 0 Å². The van der Waals surface area contributed by atoms with Gasteiger partial charge in [-0.1, -0.05) is 23.2 Å². The maximum absolute atomic E-state index is 12.5. The molecule has 2 rings (SSSR count). The molecule has 2 aromatic rings. The molecule has 0 aliphatic carbocycles. The van der Waals surface area contributed by atoms with Crippen LogP contribution >= 0.6 is 34.5 Å². The molecule has 0 saturated carbocycles. The zero-order valence-electron chi connectivity index (χ0n) is 9.84. The quantitative estimate of drug-likeness (QED) is 0.831. The molecule has 3 nitrogen and oxygen atoms in total. The number of anilines is 1. The maximum Gasteiger partial charge on any atom is 0.451 e. The van der Waals surface area contributed by atoms with Crippen LogP contribution < -0.4 is 5.32 Å². The highest BCUT2D eigenvalue weighted by Gasteiger charge is 2.35. The molecule has 0 amide bonds. The van der Waals surface area contributed by atoms with E-state index in [4.69, 9.17) is 23.2 Å². The lowest BCUT2D eigenvalue weighted by atomic mass is 10.3. The minimum absolute atomic E-state index is 0.0416. The van der Waals surface area contributed by atoms with Crippen molar-refractivity contribution in [3.05, 3.63) is 38.4 Å². The SMILES string of the molecule is FC(F)(F)c1nc(Cl)cc(NCCc2ccc(Cl)s2)n1. The predicted molar refractivity (Wildman–Crippen MR) is 73.6 cm³/mol. The van der Waals surface area contributed by atoms with Crippen molar-refractivity contribution < 1.29 is 13.2 Å². The summed E-state index contributed by atoms with van der Waals surface area (Å²) in [4.78, 5) is 7.56. The molecule has 0 aliphatic rings. The van der Waals surface area contributed by atoms with Gasteiger partial charge in [0, 0.05) is 17.5 Å². The Balaban J connectivity index is 2.00. The van der Waals surface area contributed by atoms with Crippen LogP contribution in [0.15, 0.2) is 18.2 Å². The second-order valence-electron chi connectivity index (χ2n) is 3.78. The second-order valence-corrected chi connectivity index (χ2v) is 5.97. The number of hydrogen-bond acceptors (Lipinski definition) is 4. The van der Waals surface area contributed by atoms with Gasteiger partial charge < -0.3 is 5.32 Å². The molecule has 0 bridgehead atoms. The Morgan fingerprint density at radius 1 is 1.20 bits per heavy atom. The van der Waals surface area contributed by atoms with Crippen LogP contribution in [0.25, 0.3) is 0 Å². The number of hydrogen-bond donors (Lipinski definition) is 1. The summed E-state index contributed by atoms with van der Waals surface area (Å²) in [5.41, 5.74) is 0. The third-order valence-corrected chi connectivity index (χ3v) is 3.74. The molecule has 0 atom stereocenters. The summed E-state index contributed by atoms with van der Waals surface area (Å²) >= 11 is 12.8. The van der Waals surface area contributed by atoms with Gasteiger partial charge in [-0.05, 0) is 18.6 Å². The van der Waals surface area contributed by atoms with E-state index in [1.807, 2.05) is 6.07 Å². The number of nitrogens with one attached hydrogen (secondary N) is 1. The van der Waals surface area contributed by atoms with Crippen molar-refractivity contribution in [2.24, 2.45) is 0 Å². The van der Waals surface area contributed by atoms with E-state index in [0.717, 1.165) is 4.88 Å². The Bertz CT molecular complexity index is 601. The van der Waals surface area contributed by atoms with E-state index < -0.39 is 12.0 Å². The Morgan fingerprint density at radius 3 is 2.55 bits per heavy atom. The number of alkyl halides is 3. The third kappa shape index (κ3) is 4.22. The number of aromatic nitrogens is 2. The average molecular weight is 342 g/mol. The van der Waals surface area contributed by atoms with Gasteiger partial charge in [0.15, 0.2) is 0 Å². The van der Waals surface area contributed by atoms with Gasteiger partial charge in [0.1, 0.15) is 11.0 Å². The van der Waals surface area contributed by atoms with Crippen molar-refractivity contribution in [1.29, 1.82) is 0 Å². The molecule has 108 valence electrons. The van der Waals surface area contributed by atoms with E-state index in [-0.39, 0.29) is 11.0 Å². The van der Waals surface area contributed by atoms with E-state index in [1.54, 1.807) is 6.07 Å². The summed E-state index contributed by atoms with van der Waals surface area (Å²) in [6.07, 6.45) is -4.00. The monoisotopic (exact) mass is 341 g/mol. The van der Waals surface area contributed by atoms with Crippen molar-refractivity contribution in [3.63, 3.8) is 0 Å². The van der Waals surface area contributed by atoms with Crippen LogP contribution in [0.3, 0.4) is 0 Å². The zero-order valence-corrected chi connectivity index (χ0v) is 12.2. The van der Waals surface area contributed by atoms with E-state index in [9.17, 15) is 13.2 Å². The molecule has 2 aromatic heterocycles. The van der Waals surface area contributed by atoms with Gasteiger partial charge in [0.05, 0.1) is 4.34 Å². The largest absolute Gasteiger partial charge is 0.451 e. The van der Waals surface area contributed by atoms with Crippen LogP contribution in [0.4, 0.5) is 19.0 Å². The third-order valence-electron chi connectivity index (χ3n) is 2.25. The van der Waals surface area contributed by atoms with Gasteiger partial charge in [0.25, 0.3) is 0 Å². The lowest BCUT2D eigenvalue weighted by molar-refractivity contribution is -0.144. The Hall–Kier alpha value is -1.05. The van der Waals surface area contributed by atoms with Gasteiger partial charge in [-0.15, -0.1) is 11.3 Å². The first-order valence-corrected chi connectivity index (χ1v) is 7.02. The standard InChI is InChI=1S/C11H8Cl2F3N3S/c12-7-5-9(19-10(18-7)11(14,15)16)17-4-3-6-1-2-8(13)20-6/h1-2,5H,3-4H2,(H,17,18,19). The number of thiophene rings is 1. The first-order valence-electron chi connectivity index (χ1n) is 5.44. The van der Waals surface area contributed by atoms with Crippen LogP contribution in [-0.2, 0) is 12.6 Å². The van der Waals surface area contributed by atoms with Crippen LogP contribution in [0.1, 0.15) is 10.7 Å². The molecule has 0 saturated heterocycles. The maximum atomic E-state index is 12.5. The molecule has 2 heterocycles. The Labute approximate surface area is 126 Å². The summed E-state index contributed by atoms with van der Waals surface area (Å²) < 4.78 is 38.2. The summed E-state index contributed by atoms with van der Waals surface area (Å²) in [6, 6.07) is 4.88. The van der Waals surface area contributed by atoms with Gasteiger partial charge in [-0.25, -0.2) is 9.97 Å². The minimum Gasteiger partial charge on any atom is -0.370 e. The van der Waals surface area contributed by atoms with Crippen molar-refractivity contribution in [2.45, 2.75) is 12.6 Å². The summed E-state index contributed by atoms with van der Waals surface area (Å²) in [7, 11) is 0. The number of nitrogens with zero attached hydrogens (tertiary/aromatic N) is 2. The van der Waals surface area contributed by atoms with Crippen molar-refractivity contribution in [3.8, 4) is 0 Å². The average Bonchev–Trinajstić information content (AvgIpc) is 2.73. The number of halogens is 5. The first-order chi connectivity index (χ1) is 9.34. The molecular formula is C11H8Cl2F3N3S. The van der Waals surface area contributed by atoms with E-state index in [2.05, 4.69) is 15.3 Å². The van der Waals surface area contributed by atoms with E-state index in [0.29, 0.717) is 17.3 Å². The van der Waals surface area contributed by atoms with Gasteiger partial charge in [0.2, 0.25) is 5.82 Å². The molecule has 0 unspecified atom stereocenters. The lowest BCUT2D eigenvalue weighted by Gasteiger charge is -2.09. The van der Waals surface area contributed by atoms with Gasteiger partial charge in [-0.3, -0.25) is 0 Å². The highest BCUT2D eigenvalue weighted by Crippen LogP contribution is 2.28. The highest BCUT2D eigenvalue weighted by molar-refractivity contribution is 7.16. The summed E-state index contributed by atoms with van der Waals surface area (Å²) in [5.74, 6) is -1.22. The van der Waals surface area contributed by atoms with Crippen molar-refractivity contribution >= 4 is 40.4 Å². The van der Waals surface area contributed by atoms with Crippen LogP contribution in [0.5, 0.6) is 0 Å². The summed E-state index contributed by atoms with van der Waals surface area (Å²) in [6.45, 7) is 0.418. The lowest BCUT2D eigenvalue weighted by Crippen LogP contribution is -2.14. The molecular weight excluding hydrogens is 334 g/mol. The smallest absolute Gasteiger partial charge is 0.370 e. The summed E-state index contributed by atoms with van der Waals surface area (Å²) in [5, 5.41) is 2.53. The molecule has 0 aromatic carbocycles. The predicted octanol–water partition coefficient (Wildman–Crippen LogP) is 4.52. The number of rotatable bonds is 4. The molecule has 0 fully saturated rings. The van der Waals surface area contributed by atoms with Gasteiger partial charge >= 0.3 is 6.18 Å². The second kappa shape index (κ2) is 6.15. The first kappa shape index (κ1) is 15.3. The highest BCUT2D eigenvalue weighted by atomic mass is 35.5. The van der Waals surface area contributed by atoms with Crippen LogP contribution in [-0.4, -0.2) is 16.5 Å². The molecule has 0 radical (unpaired) electrons. The van der Waals surface area contributed by atoms with Crippen LogP contribution in [0.2, 0.25) is 9.49 Å². The fraction of sp³-hybridized carbons (Fsp3) is 0.273. The molecule has 0 aliphatic heterocycles. The zero-order chi connectivity index (χ0) is 14.8. The molecule has 0 spiro atoms. The van der Waals surface area contributed by atoms with Crippen LogP contribution in [0, 0.1) is 0 Å². The van der Waals surface area contributed by atoms with Crippen molar-refractivity contribution in [1.82, 2.24) is 9.97 Å².